The topological polar surface area (TPSA) is 17.8 Å². The fourth-order valence-corrected chi connectivity index (χ4v) is 2.04. The van der Waals surface area contributed by atoms with Crippen molar-refractivity contribution in [2.24, 2.45) is 7.05 Å². The summed E-state index contributed by atoms with van der Waals surface area (Å²) in [7, 11) is 0.958. The van der Waals surface area contributed by atoms with Crippen molar-refractivity contribution in [3.63, 3.8) is 0 Å². The fraction of sp³-hybridized carbons (Fsp3) is 0.727. The Labute approximate surface area is 106 Å². The van der Waals surface area contributed by atoms with E-state index < -0.39 is 48.1 Å². The van der Waals surface area contributed by atoms with E-state index in [0.29, 0.717) is 4.68 Å². The average molecular weight is 288 g/mol. The Bertz CT molecular complexity index is 452. The Morgan fingerprint density at radius 3 is 2.00 bits per heavy atom. The second-order valence-electron chi connectivity index (χ2n) is 3.94. The molecule has 0 saturated carbocycles. The minimum absolute atomic E-state index is 0.421. The summed E-state index contributed by atoms with van der Waals surface area (Å²) in [6, 6.07) is 0. The Morgan fingerprint density at radius 1 is 1.05 bits per heavy atom. The molecule has 8 heteroatoms. The van der Waals surface area contributed by atoms with E-state index in [-0.39, 0.29) is 0 Å². The van der Waals surface area contributed by atoms with Crippen molar-refractivity contribution in [3.8, 4) is 0 Å². The van der Waals surface area contributed by atoms with Crippen molar-refractivity contribution in [3.05, 3.63) is 17.0 Å². The molecule has 110 valence electrons. The summed E-state index contributed by atoms with van der Waals surface area (Å²) in [5.41, 5.74) is -3.68. The zero-order valence-electron chi connectivity index (χ0n) is 10.7. The molecule has 0 aromatic carbocycles. The van der Waals surface area contributed by atoms with Crippen LogP contribution in [0.1, 0.15) is 50.1 Å². The minimum atomic E-state index is -3.68. The smallest absolute Gasteiger partial charge is 0.266 e. The number of fused-ring (bicyclic) bond motifs is 1. The second-order valence-corrected chi connectivity index (χ2v) is 3.94. The molecular formula is C11H14F6N2. The molecule has 0 bridgehead atoms. The van der Waals surface area contributed by atoms with Crippen molar-refractivity contribution in [2.45, 2.75) is 45.0 Å². The van der Waals surface area contributed by atoms with Gasteiger partial charge in [0.15, 0.2) is 0 Å². The highest BCUT2D eigenvalue weighted by Gasteiger charge is 2.54. The Balaban J connectivity index is 0.000000861. The first-order valence-electron chi connectivity index (χ1n) is 5.78. The van der Waals surface area contributed by atoms with Gasteiger partial charge in [-0.25, -0.2) is 17.6 Å². The molecule has 0 radical (unpaired) electrons. The maximum Gasteiger partial charge on any atom is 0.290 e. The van der Waals surface area contributed by atoms with E-state index in [1.54, 1.807) is 0 Å². The molecule has 0 unspecified atom stereocenters. The summed E-state index contributed by atoms with van der Waals surface area (Å²) in [4.78, 5) is 0. The zero-order valence-corrected chi connectivity index (χ0v) is 10.7. The van der Waals surface area contributed by atoms with Gasteiger partial charge in [-0.15, -0.1) is 0 Å². The first-order chi connectivity index (χ1) is 8.67. The number of aryl methyl sites for hydroxylation is 1. The maximum absolute atomic E-state index is 13.5. The number of hydrogen-bond donors (Lipinski definition) is 0. The van der Waals surface area contributed by atoms with E-state index in [9.17, 15) is 26.3 Å². The van der Waals surface area contributed by atoms with Crippen LogP contribution in [0.5, 0.6) is 0 Å². The quantitative estimate of drug-likeness (QED) is 0.702. The standard InChI is InChI=1S/C9H8F6N2.C2H6/c1-17-6-4(5(16-17)7(10)11)8(12,13)2-3-9(6,14)15;1-2/h7H,2-3H2,1H3;1-2H3. The van der Waals surface area contributed by atoms with Crippen LogP contribution in [0.4, 0.5) is 26.3 Å². The summed E-state index contributed by atoms with van der Waals surface area (Å²) in [5.74, 6) is -7.23. The highest BCUT2D eigenvalue weighted by atomic mass is 19.3. The van der Waals surface area contributed by atoms with E-state index >= 15 is 0 Å². The molecule has 0 amide bonds. The third-order valence-electron chi connectivity index (χ3n) is 2.75. The van der Waals surface area contributed by atoms with Gasteiger partial charge >= 0.3 is 0 Å². The van der Waals surface area contributed by atoms with Crippen molar-refractivity contribution in [1.29, 1.82) is 0 Å². The molecule has 0 aliphatic heterocycles. The molecule has 1 aromatic heterocycles. The van der Waals surface area contributed by atoms with Crippen LogP contribution in [0.3, 0.4) is 0 Å². The van der Waals surface area contributed by atoms with Gasteiger partial charge in [-0.1, -0.05) is 13.8 Å². The third-order valence-corrected chi connectivity index (χ3v) is 2.75. The molecule has 1 aliphatic carbocycles. The first-order valence-corrected chi connectivity index (χ1v) is 5.78. The van der Waals surface area contributed by atoms with Gasteiger partial charge in [0.05, 0.1) is 5.56 Å². The van der Waals surface area contributed by atoms with Crippen LogP contribution in [-0.4, -0.2) is 9.78 Å². The van der Waals surface area contributed by atoms with Gasteiger partial charge in [-0.2, -0.15) is 13.9 Å². The van der Waals surface area contributed by atoms with Crippen LogP contribution < -0.4 is 0 Å². The van der Waals surface area contributed by atoms with E-state index in [0.717, 1.165) is 7.05 Å². The number of rotatable bonds is 1. The Kier molecular flexibility index (Phi) is 4.21. The summed E-state index contributed by atoms with van der Waals surface area (Å²) in [5, 5.41) is 3.09. The van der Waals surface area contributed by atoms with Crippen LogP contribution in [0, 0.1) is 0 Å². The lowest BCUT2D eigenvalue weighted by Gasteiger charge is -2.29. The summed E-state index contributed by atoms with van der Waals surface area (Å²) < 4.78 is 79.2. The molecule has 0 spiro atoms. The fourth-order valence-electron chi connectivity index (χ4n) is 2.04. The largest absolute Gasteiger partial charge is 0.290 e. The minimum Gasteiger partial charge on any atom is -0.266 e. The molecule has 0 saturated heterocycles. The third kappa shape index (κ3) is 2.57. The van der Waals surface area contributed by atoms with Crippen LogP contribution in [-0.2, 0) is 18.9 Å². The maximum atomic E-state index is 13.5. The predicted molar refractivity (Wildman–Crippen MR) is 56.5 cm³/mol. The van der Waals surface area contributed by atoms with E-state index in [1.165, 1.54) is 0 Å². The van der Waals surface area contributed by atoms with Crippen LogP contribution >= 0.6 is 0 Å². The average Bonchev–Trinajstić information content (AvgIpc) is 2.68. The lowest BCUT2D eigenvalue weighted by Crippen LogP contribution is -2.32. The number of aromatic nitrogens is 2. The highest BCUT2D eigenvalue weighted by Crippen LogP contribution is 2.51. The van der Waals surface area contributed by atoms with Crippen molar-refractivity contribution < 1.29 is 26.3 Å². The van der Waals surface area contributed by atoms with Gasteiger partial charge < -0.3 is 0 Å². The zero-order chi connectivity index (χ0) is 15.0. The van der Waals surface area contributed by atoms with Crippen molar-refractivity contribution in [1.82, 2.24) is 9.78 Å². The lowest BCUT2D eigenvalue weighted by atomic mass is 9.89. The van der Waals surface area contributed by atoms with Gasteiger partial charge in [0.1, 0.15) is 11.4 Å². The number of hydrogen-bond acceptors (Lipinski definition) is 1. The monoisotopic (exact) mass is 288 g/mol. The van der Waals surface area contributed by atoms with Gasteiger partial charge in [0.25, 0.3) is 18.3 Å². The van der Waals surface area contributed by atoms with Crippen molar-refractivity contribution in [2.75, 3.05) is 0 Å². The van der Waals surface area contributed by atoms with Gasteiger partial charge in [0.2, 0.25) is 0 Å². The van der Waals surface area contributed by atoms with Gasteiger partial charge in [0, 0.05) is 19.9 Å². The molecule has 1 heterocycles. The number of nitrogens with zero attached hydrogens (tertiary/aromatic N) is 2. The van der Waals surface area contributed by atoms with E-state index in [1.807, 2.05) is 13.8 Å². The van der Waals surface area contributed by atoms with Crippen LogP contribution in [0.15, 0.2) is 0 Å². The number of alkyl halides is 6. The molecule has 2 nitrogen and oxygen atoms in total. The Morgan fingerprint density at radius 2 is 1.53 bits per heavy atom. The molecule has 1 aromatic rings. The molecule has 0 fully saturated rings. The van der Waals surface area contributed by atoms with Gasteiger partial charge in [-0.3, -0.25) is 4.68 Å². The molecule has 0 atom stereocenters. The van der Waals surface area contributed by atoms with Crippen molar-refractivity contribution >= 4 is 0 Å². The molecule has 0 N–H and O–H groups in total. The summed E-state index contributed by atoms with van der Waals surface area (Å²) in [6.45, 7) is 4.00. The molecule has 1 aliphatic rings. The SMILES string of the molecule is CC.Cn1nc(C(F)F)c2c1C(F)(F)CCC2(F)F. The summed E-state index contributed by atoms with van der Waals surface area (Å²) in [6.07, 6.45) is -5.53. The normalized spacial score (nSPS) is 19.7. The first kappa shape index (κ1) is 15.8. The van der Waals surface area contributed by atoms with Crippen LogP contribution in [0.2, 0.25) is 0 Å². The van der Waals surface area contributed by atoms with Gasteiger partial charge in [-0.05, 0) is 0 Å². The van der Waals surface area contributed by atoms with E-state index in [2.05, 4.69) is 5.10 Å². The summed E-state index contributed by atoms with van der Waals surface area (Å²) >= 11 is 0. The molecule has 19 heavy (non-hydrogen) atoms. The second kappa shape index (κ2) is 5.05. The van der Waals surface area contributed by atoms with E-state index in [4.69, 9.17) is 0 Å². The predicted octanol–water partition coefficient (Wildman–Crippen LogP) is 4.36. The van der Waals surface area contributed by atoms with Crippen LogP contribution in [0.25, 0.3) is 0 Å². The molecular weight excluding hydrogens is 274 g/mol. The number of halogens is 6. The molecule has 2 rings (SSSR count). The highest BCUT2D eigenvalue weighted by molar-refractivity contribution is 5.37. The Hall–Kier alpha value is -1.21. The lowest BCUT2D eigenvalue weighted by molar-refractivity contribution is -0.101.